The molecule has 0 saturated carbocycles. The fourth-order valence-electron chi connectivity index (χ4n) is 1.12. The molecule has 0 spiro atoms. The van der Waals surface area contributed by atoms with E-state index in [1.807, 2.05) is 0 Å². The molecule has 1 heterocycles. The smallest absolute Gasteiger partial charge is 0.153 e. The Labute approximate surface area is 113 Å². The molecule has 1 aromatic heterocycles. The van der Waals surface area contributed by atoms with Gasteiger partial charge in [-0.25, -0.2) is 0 Å². The molecule has 2 aromatic rings. The number of fused-ring (bicyclic) bond motifs is 1. The number of thiol groups is 1. The Morgan fingerprint density at radius 2 is 1.92 bits per heavy atom. The topological polar surface area (TPSA) is 4.93 Å². The van der Waals surface area contributed by atoms with Crippen molar-refractivity contribution >= 4 is 76.3 Å². The predicted octanol–water partition coefficient (Wildman–Crippen LogP) is 2.12. The number of benzene rings is 1. The average molecular weight is 466 g/mol. The first kappa shape index (κ1) is 13.9. The molecule has 0 aliphatic heterocycles. The molecule has 0 bridgehead atoms. The van der Waals surface area contributed by atoms with E-state index < -0.39 is 0 Å². The Balaban J connectivity index is 0.000000720. The first-order chi connectivity index (χ1) is 5.27. The summed E-state index contributed by atoms with van der Waals surface area (Å²) < 4.78 is 3.44. The summed E-state index contributed by atoms with van der Waals surface area (Å²) in [7, 11) is 0. The molecule has 68 valence electrons. The van der Waals surface area contributed by atoms with Crippen molar-refractivity contribution in [1.82, 2.24) is 2.38 Å². The molecule has 1 nitrogen and oxygen atoms in total. The quantitative estimate of drug-likeness (QED) is 0.249. The normalized spacial score (nSPS) is 8.92. The Kier molecular flexibility index (Phi) is 6.15. The third-order valence-electron chi connectivity index (χ3n) is 1.69. The van der Waals surface area contributed by atoms with Gasteiger partial charge < -0.3 is 13.5 Å². The Morgan fingerprint density at radius 3 is 2.62 bits per heavy atom. The Morgan fingerprint density at radius 1 is 1.23 bits per heavy atom. The van der Waals surface area contributed by atoms with E-state index in [1.165, 1.54) is 10.9 Å². The molecule has 13 heavy (non-hydrogen) atoms. The molecule has 0 fully saturated rings. The van der Waals surface area contributed by atoms with Gasteiger partial charge in [0.15, 0.2) is 0 Å². The molecule has 1 aromatic carbocycles. The van der Waals surface area contributed by atoms with E-state index in [0.717, 1.165) is 30.5 Å². The van der Waals surface area contributed by atoms with Gasteiger partial charge in [-0.05, 0) is 0 Å². The van der Waals surface area contributed by atoms with Crippen LogP contribution in [0.25, 0.3) is 10.9 Å². The van der Waals surface area contributed by atoms with Crippen LogP contribution >= 0.6 is 25.8 Å². The first-order valence-corrected chi connectivity index (χ1v) is 6.09. The summed E-state index contributed by atoms with van der Waals surface area (Å²) in [6.07, 6.45) is 2.14. The summed E-state index contributed by atoms with van der Waals surface area (Å²) in [5.74, 6) is 0. The van der Waals surface area contributed by atoms with Gasteiger partial charge in [0.05, 0.1) is 0 Å². The molecular weight excluding hydrogens is 457 g/mol. The first-order valence-electron chi connectivity index (χ1n) is 3.29. The van der Waals surface area contributed by atoms with Crippen LogP contribution in [0.1, 0.15) is 0 Å². The molecule has 5 heteroatoms. The number of halogens is 1. The van der Waals surface area contributed by atoms with Gasteiger partial charge in [0.25, 0.3) is 0 Å². The van der Waals surface area contributed by atoms with E-state index in [9.17, 15) is 0 Å². The van der Waals surface area contributed by atoms with Gasteiger partial charge >= 0.3 is 90.2 Å². The fraction of sp³-hybridized carbons (Fsp3) is 0. The van der Waals surface area contributed by atoms with Crippen molar-refractivity contribution in [3.05, 3.63) is 34.9 Å². The third-order valence-corrected chi connectivity index (χ3v) is 3.93. The Bertz CT molecular complexity index is 404. The van der Waals surface area contributed by atoms with Gasteiger partial charge in [0.2, 0.25) is 0 Å². The molecule has 0 saturated heterocycles. The maximum Gasteiger partial charge on any atom is -0.153 e. The molecule has 0 aliphatic rings. The zero-order valence-corrected chi connectivity index (χ0v) is 15.3. The van der Waals surface area contributed by atoms with Gasteiger partial charge in [-0.1, -0.05) is 0 Å². The maximum absolute atomic E-state index is 3.46. The van der Waals surface area contributed by atoms with Crippen LogP contribution in [-0.2, 0) is 13.5 Å². The molecule has 0 N–H and O–H groups in total. The van der Waals surface area contributed by atoms with Crippen LogP contribution < -0.4 is 0 Å². The van der Waals surface area contributed by atoms with Crippen molar-refractivity contribution in [3.63, 3.8) is 0 Å². The fourth-order valence-corrected chi connectivity index (χ4v) is 2.68. The van der Waals surface area contributed by atoms with E-state index in [1.54, 1.807) is 0 Å². The van der Waals surface area contributed by atoms with Crippen molar-refractivity contribution in [2.45, 2.75) is 0 Å². The second-order valence-corrected chi connectivity index (χ2v) is 5.50. The summed E-state index contributed by atoms with van der Waals surface area (Å²) in [4.78, 5) is 0. The zero-order chi connectivity index (χ0) is 7.84. The second kappa shape index (κ2) is 5.73. The third kappa shape index (κ3) is 2.94. The van der Waals surface area contributed by atoms with Crippen LogP contribution in [0.4, 0.5) is 0 Å². The van der Waals surface area contributed by atoms with E-state index in [4.69, 9.17) is 0 Å². The molecular formula is C8H9BrNPSTl-. The van der Waals surface area contributed by atoms with Crippen LogP contribution in [0.5, 0.6) is 0 Å². The van der Waals surface area contributed by atoms with E-state index in [-0.39, 0.29) is 23.4 Å². The van der Waals surface area contributed by atoms with Crippen molar-refractivity contribution in [2.75, 3.05) is 0 Å². The molecule has 1 atom stereocenters. The van der Waals surface area contributed by atoms with Gasteiger partial charge in [0, 0.05) is 0 Å². The standard InChI is InChI=1S/C8H5BrN.H3P.H2S.Tl/c9-7-2-1-6-3-4-10-8(6)5-7;;;/h1-5H;1H3;1H2;/q-1;;;+1/p-1. The van der Waals surface area contributed by atoms with E-state index >= 15 is 0 Å². The van der Waals surface area contributed by atoms with Gasteiger partial charge in [-0.15, -0.1) is 0 Å². The van der Waals surface area contributed by atoms with Gasteiger partial charge in [-0.3, -0.25) is 0 Å². The number of hydrogen-bond acceptors (Lipinski definition) is 1. The minimum Gasteiger partial charge on any atom is -0.813 e. The maximum atomic E-state index is 3.46. The van der Waals surface area contributed by atoms with Crippen LogP contribution in [-0.4, -0.2) is 28.4 Å². The number of rotatable bonds is 0. The van der Waals surface area contributed by atoms with E-state index in [0.29, 0.717) is 0 Å². The van der Waals surface area contributed by atoms with Crippen LogP contribution in [0.2, 0.25) is 0 Å². The van der Waals surface area contributed by atoms with Crippen molar-refractivity contribution in [3.8, 4) is 0 Å². The monoisotopic (exact) mass is 466 g/mol. The van der Waals surface area contributed by atoms with Crippen LogP contribution in [0.3, 0.4) is 0 Å². The Hall–Kier alpha value is 0.942. The summed E-state index contributed by atoms with van der Waals surface area (Å²) in [6.45, 7) is 0. The van der Waals surface area contributed by atoms with Gasteiger partial charge in [0.1, 0.15) is 0 Å². The molecule has 0 radical (unpaired) electrons. The van der Waals surface area contributed by atoms with Crippen molar-refractivity contribution < 1.29 is 0 Å². The molecule has 2 rings (SSSR count). The SMILES string of the molecule is Brc1ccc2cc[n]([Tl])c2c1.P.[SH-]. The number of nitrogens with zero attached hydrogens (tertiary/aromatic N) is 1. The number of aromatic nitrogens is 1. The molecule has 1 unspecified atom stereocenters. The van der Waals surface area contributed by atoms with Crippen LogP contribution in [0.15, 0.2) is 34.9 Å². The summed E-state index contributed by atoms with van der Waals surface area (Å²) in [5.41, 5.74) is 1.34. The second-order valence-electron chi connectivity index (χ2n) is 2.43. The van der Waals surface area contributed by atoms with Gasteiger partial charge in [-0.2, -0.15) is 9.90 Å². The van der Waals surface area contributed by atoms with Crippen molar-refractivity contribution in [2.24, 2.45) is 0 Å². The summed E-state index contributed by atoms with van der Waals surface area (Å²) >= 11 is 4.31. The summed E-state index contributed by atoms with van der Waals surface area (Å²) in [6, 6.07) is 8.53. The average Bonchev–Trinajstić information content (AvgIpc) is 2.33. The minimum absolute atomic E-state index is 0. The van der Waals surface area contributed by atoms with E-state index in [2.05, 4.69) is 48.8 Å². The van der Waals surface area contributed by atoms with Crippen LogP contribution in [0, 0.1) is 0 Å². The largest absolute Gasteiger partial charge is 0.813 e. The zero-order valence-electron chi connectivity index (χ0n) is 6.94. The number of hydrogen-bond donors (Lipinski definition) is 0. The predicted molar refractivity (Wildman–Crippen MR) is 70.7 cm³/mol. The minimum atomic E-state index is 0. The molecule has 0 aliphatic carbocycles. The summed E-state index contributed by atoms with van der Waals surface area (Å²) in [5, 5.41) is 1.33. The van der Waals surface area contributed by atoms with Crippen molar-refractivity contribution in [1.29, 1.82) is 0 Å². The molecule has 0 amide bonds.